The highest BCUT2D eigenvalue weighted by Crippen LogP contribution is 2.20. The number of amides is 1. The number of fused-ring (bicyclic) bond motifs is 1. The summed E-state index contributed by atoms with van der Waals surface area (Å²) in [5.74, 6) is 0.746. The Kier molecular flexibility index (Phi) is 3.66. The van der Waals surface area contributed by atoms with Gasteiger partial charge in [-0.3, -0.25) is 4.79 Å². The summed E-state index contributed by atoms with van der Waals surface area (Å²) >= 11 is 5.27. The van der Waals surface area contributed by atoms with E-state index >= 15 is 0 Å². The Hall–Kier alpha value is -1.82. The van der Waals surface area contributed by atoms with Crippen molar-refractivity contribution in [1.82, 2.24) is 14.9 Å². The molecule has 18 heavy (non-hydrogen) atoms. The number of benzene rings is 1. The van der Waals surface area contributed by atoms with Crippen molar-refractivity contribution in [2.45, 2.75) is 13.5 Å². The lowest BCUT2D eigenvalue weighted by molar-refractivity contribution is -0.118. The lowest BCUT2D eigenvalue weighted by Crippen LogP contribution is -2.24. The van der Waals surface area contributed by atoms with E-state index in [0.717, 1.165) is 16.8 Å². The van der Waals surface area contributed by atoms with Crippen molar-refractivity contribution in [3.05, 3.63) is 23.0 Å². The zero-order valence-electron chi connectivity index (χ0n) is 10.3. The predicted molar refractivity (Wildman–Crippen MR) is 72.4 cm³/mol. The molecule has 6 heteroatoms. The van der Waals surface area contributed by atoms with Gasteiger partial charge in [0.05, 0.1) is 18.1 Å². The van der Waals surface area contributed by atoms with Gasteiger partial charge in [-0.15, -0.1) is 0 Å². The first-order valence-corrected chi connectivity index (χ1v) is 6.03. The van der Waals surface area contributed by atoms with Gasteiger partial charge >= 0.3 is 0 Å². The van der Waals surface area contributed by atoms with Crippen LogP contribution in [-0.2, 0) is 11.3 Å². The first-order valence-electron chi connectivity index (χ1n) is 5.63. The first kappa shape index (κ1) is 12.6. The highest BCUT2D eigenvalue weighted by atomic mass is 32.1. The quantitative estimate of drug-likeness (QED) is 0.829. The van der Waals surface area contributed by atoms with Crippen molar-refractivity contribution in [2.75, 3.05) is 13.7 Å². The molecule has 0 spiro atoms. The van der Waals surface area contributed by atoms with Gasteiger partial charge in [-0.05, 0) is 24.4 Å². The SMILES string of the molecule is COc1ccc2c(c1)[nH]c(=S)n2CCNC(C)=O. The molecule has 0 aliphatic carbocycles. The van der Waals surface area contributed by atoms with Gasteiger partial charge in [0.1, 0.15) is 5.75 Å². The molecule has 0 fully saturated rings. The molecule has 0 saturated heterocycles. The first-order chi connectivity index (χ1) is 8.61. The van der Waals surface area contributed by atoms with Crippen LogP contribution in [0, 0.1) is 4.77 Å². The Morgan fingerprint density at radius 1 is 1.56 bits per heavy atom. The topological polar surface area (TPSA) is 59.0 Å². The third kappa shape index (κ3) is 2.53. The van der Waals surface area contributed by atoms with Crippen LogP contribution in [0.25, 0.3) is 11.0 Å². The predicted octanol–water partition coefficient (Wildman–Crippen LogP) is 1.84. The Bertz CT molecular complexity index is 630. The number of aromatic nitrogens is 2. The van der Waals surface area contributed by atoms with Crippen LogP contribution in [-0.4, -0.2) is 29.1 Å². The molecule has 0 aliphatic rings. The Morgan fingerprint density at radius 2 is 2.33 bits per heavy atom. The van der Waals surface area contributed by atoms with Crippen molar-refractivity contribution < 1.29 is 9.53 Å². The number of ether oxygens (including phenoxy) is 1. The van der Waals surface area contributed by atoms with Gasteiger partial charge in [-0.1, -0.05) is 0 Å². The smallest absolute Gasteiger partial charge is 0.216 e. The van der Waals surface area contributed by atoms with Crippen LogP contribution >= 0.6 is 12.2 Å². The third-order valence-corrected chi connectivity index (χ3v) is 3.01. The molecule has 1 heterocycles. The highest BCUT2D eigenvalue weighted by molar-refractivity contribution is 7.71. The van der Waals surface area contributed by atoms with Crippen LogP contribution in [0.2, 0.25) is 0 Å². The number of H-pyrrole nitrogens is 1. The summed E-state index contributed by atoms with van der Waals surface area (Å²) in [6.45, 7) is 2.70. The minimum atomic E-state index is -0.0389. The van der Waals surface area contributed by atoms with Gasteiger partial charge in [0, 0.05) is 26.1 Å². The van der Waals surface area contributed by atoms with Crippen LogP contribution < -0.4 is 10.1 Å². The lowest BCUT2D eigenvalue weighted by Gasteiger charge is -2.05. The highest BCUT2D eigenvalue weighted by Gasteiger charge is 2.05. The maximum atomic E-state index is 10.8. The van der Waals surface area contributed by atoms with Crippen LogP contribution in [0.4, 0.5) is 0 Å². The van der Waals surface area contributed by atoms with E-state index in [9.17, 15) is 4.79 Å². The molecule has 0 radical (unpaired) electrons. The second-order valence-electron chi connectivity index (χ2n) is 3.95. The van der Waals surface area contributed by atoms with Crippen molar-refractivity contribution in [3.8, 4) is 5.75 Å². The molecule has 0 atom stereocenters. The number of nitrogens with zero attached hydrogens (tertiary/aromatic N) is 1. The average molecular weight is 265 g/mol. The second-order valence-corrected chi connectivity index (χ2v) is 4.33. The molecule has 2 aromatic rings. The molecule has 1 aromatic carbocycles. The van der Waals surface area contributed by atoms with Crippen molar-refractivity contribution in [2.24, 2.45) is 0 Å². The third-order valence-electron chi connectivity index (χ3n) is 2.69. The lowest BCUT2D eigenvalue weighted by atomic mass is 10.3. The Labute approximate surface area is 110 Å². The fourth-order valence-corrected chi connectivity index (χ4v) is 2.14. The van der Waals surface area contributed by atoms with Gasteiger partial charge in [0.15, 0.2) is 4.77 Å². The molecule has 0 saturated carbocycles. The number of imidazole rings is 1. The second kappa shape index (κ2) is 5.22. The van der Waals surface area contributed by atoms with E-state index in [4.69, 9.17) is 17.0 Å². The molecular weight excluding hydrogens is 250 g/mol. The summed E-state index contributed by atoms with van der Waals surface area (Å²) in [5, 5.41) is 2.75. The van der Waals surface area contributed by atoms with Crippen LogP contribution in [0.15, 0.2) is 18.2 Å². The summed E-state index contributed by atoms with van der Waals surface area (Å²) < 4.78 is 7.76. The Balaban J connectivity index is 2.30. The molecule has 0 aliphatic heterocycles. The largest absolute Gasteiger partial charge is 0.497 e. The number of aromatic amines is 1. The van der Waals surface area contributed by atoms with Gasteiger partial charge in [0.25, 0.3) is 0 Å². The number of hydrogen-bond donors (Lipinski definition) is 2. The summed E-state index contributed by atoms with van der Waals surface area (Å²) in [5.41, 5.74) is 1.94. The van der Waals surface area contributed by atoms with E-state index in [1.165, 1.54) is 6.92 Å². The molecule has 0 bridgehead atoms. The standard InChI is InChI=1S/C12H15N3O2S/c1-8(16)13-5-6-15-11-4-3-9(17-2)7-10(11)14-12(15)18/h3-4,7H,5-6H2,1-2H3,(H,13,16)(H,14,18). The minimum Gasteiger partial charge on any atom is -0.497 e. The average Bonchev–Trinajstić information content (AvgIpc) is 2.64. The number of carbonyl (C=O) groups excluding carboxylic acids is 1. The van der Waals surface area contributed by atoms with Crippen LogP contribution in [0.1, 0.15) is 6.92 Å². The van der Waals surface area contributed by atoms with Crippen molar-refractivity contribution >= 4 is 29.2 Å². The van der Waals surface area contributed by atoms with E-state index in [1.54, 1.807) is 7.11 Å². The zero-order valence-corrected chi connectivity index (χ0v) is 11.1. The van der Waals surface area contributed by atoms with E-state index in [2.05, 4.69) is 10.3 Å². The maximum absolute atomic E-state index is 10.8. The molecule has 1 amide bonds. The summed E-state index contributed by atoms with van der Waals surface area (Å²) in [7, 11) is 1.63. The molecule has 0 unspecified atom stereocenters. The number of nitrogens with one attached hydrogen (secondary N) is 2. The minimum absolute atomic E-state index is 0.0389. The number of rotatable bonds is 4. The van der Waals surface area contributed by atoms with E-state index < -0.39 is 0 Å². The Morgan fingerprint density at radius 3 is 3.00 bits per heavy atom. The zero-order chi connectivity index (χ0) is 13.1. The van der Waals surface area contributed by atoms with Crippen molar-refractivity contribution in [1.29, 1.82) is 0 Å². The fraction of sp³-hybridized carbons (Fsp3) is 0.333. The van der Waals surface area contributed by atoms with Crippen molar-refractivity contribution in [3.63, 3.8) is 0 Å². The normalized spacial score (nSPS) is 10.6. The molecule has 5 nitrogen and oxygen atoms in total. The van der Waals surface area contributed by atoms with E-state index in [-0.39, 0.29) is 5.91 Å². The maximum Gasteiger partial charge on any atom is 0.216 e. The van der Waals surface area contributed by atoms with Gasteiger partial charge < -0.3 is 19.6 Å². The monoisotopic (exact) mass is 265 g/mol. The number of hydrogen-bond acceptors (Lipinski definition) is 3. The molecular formula is C12H15N3O2S. The van der Waals surface area contributed by atoms with E-state index in [0.29, 0.717) is 17.9 Å². The molecule has 1 aromatic heterocycles. The van der Waals surface area contributed by atoms with Gasteiger partial charge in [-0.25, -0.2) is 0 Å². The molecule has 2 rings (SSSR count). The van der Waals surface area contributed by atoms with Gasteiger partial charge in [-0.2, -0.15) is 0 Å². The number of carbonyl (C=O) groups is 1. The summed E-state index contributed by atoms with van der Waals surface area (Å²) in [6.07, 6.45) is 0. The number of methoxy groups -OCH3 is 1. The van der Waals surface area contributed by atoms with Crippen LogP contribution in [0.3, 0.4) is 0 Å². The van der Waals surface area contributed by atoms with Crippen LogP contribution in [0.5, 0.6) is 5.75 Å². The molecule has 96 valence electrons. The van der Waals surface area contributed by atoms with E-state index in [1.807, 2.05) is 22.8 Å². The fourth-order valence-electron chi connectivity index (χ4n) is 1.84. The van der Waals surface area contributed by atoms with Gasteiger partial charge in [0.2, 0.25) is 5.91 Å². The summed E-state index contributed by atoms with van der Waals surface area (Å²) in [4.78, 5) is 14.0. The summed E-state index contributed by atoms with van der Waals surface area (Å²) in [6, 6.07) is 5.74. The molecule has 2 N–H and O–H groups in total.